The lowest BCUT2D eigenvalue weighted by Gasteiger charge is -2.47. The molecule has 0 atom stereocenters. The molecular weight excluding hydrogens is 320 g/mol. The van der Waals surface area contributed by atoms with E-state index in [2.05, 4.69) is 44.8 Å². The van der Waals surface area contributed by atoms with Gasteiger partial charge in [-0.2, -0.15) is 0 Å². The number of hydrogen-bond acceptors (Lipinski definition) is 4. The van der Waals surface area contributed by atoms with Crippen molar-refractivity contribution in [1.82, 2.24) is 9.80 Å². The van der Waals surface area contributed by atoms with Crippen LogP contribution in [0.5, 0.6) is 0 Å². The summed E-state index contributed by atoms with van der Waals surface area (Å²) in [5, 5.41) is 4.40. The third kappa shape index (κ3) is 3.87. The Labute approximate surface area is 147 Å². The quantitative estimate of drug-likeness (QED) is 0.792. The van der Waals surface area contributed by atoms with E-state index < -0.39 is 0 Å². The lowest BCUT2D eigenvalue weighted by molar-refractivity contribution is 0.0306. The molecule has 4 rings (SSSR count). The molecule has 2 saturated heterocycles. The molecule has 0 bridgehead atoms. The van der Waals surface area contributed by atoms with Crippen molar-refractivity contribution in [3.05, 3.63) is 44.8 Å². The highest BCUT2D eigenvalue weighted by atomic mass is 32.1. The molecule has 4 heteroatoms. The van der Waals surface area contributed by atoms with Gasteiger partial charge in [0.05, 0.1) is 0 Å². The van der Waals surface area contributed by atoms with Crippen LogP contribution in [0.25, 0.3) is 0 Å². The van der Waals surface area contributed by atoms with Gasteiger partial charge >= 0.3 is 0 Å². The fourth-order valence-electron chi connectivity index (χ4n) is 4.12. The second-order valence-electron chi connectivity index (χ2n) is 7.21. The van der Waals surface area contributed by atoms with Gasteiger partial charge < -0.3 is 0 Å². The van der Waals surface area contributed by atoms with Crippen LogP contribution in [0.3, 0.4) is 0 Å². The maximum absolute atomic E-state index is 2.66. The molecule has 2 fully saturated rings. The fraction of sp³-hybridized carbons (Fsp3) is 0.579. The predicted octanol–water partition coefficient (Wildman–Crippen LogP) is 4.69. The lowest BCUT2D eigenvalue weighted by Crippen LogP contribution is -2.46. The van der Waals surface area contributed by atoms with Crippen molar-refractivity contribution in [2.75, 3.05) is 26.2 Å². The first kappa shape index (κ1) is 15.8. The summed E-state index contributed by atoms with van der Waals surface area (Å²) < 4.78 is 0. The molecule has 2 aromatic rings. The van der Waals surface area contributed by atoms with Gasteiger partial charge in [-0.3, -0.25) is 9.80 Å². The van der Waals surface area contributed by atoms with Crippen molar-refractivity contribution in [2.24, 2.45) is 5.41 Å². The van der Waals surface area contributed by atoms with Crippen molar-refractivity contribution in [3.8, 4) is 0 Å². The standard InChI is InChI=1S/C19H26N2S2/c1-3-17(22-13-1)15-20-9-5-19(6-10-20)7-11-21(12-8-19)16-18-4-2-14-23-18/h1-4,13-14H,5-12,15-16H2. The van der Waals surface area contributed by atoms with Crippen LogP contribution in [0.2, 0.25) is 0 Å². The zero-order valence-corrected chi connectivity index (χ0v) is 15.4. The smallest absolute Gasteiger partial charge is 0.0327 e. The average molecular weight is 347 g/mol. The Kier molecular flexibility index (Phi) is 4.86. The summed E-state index contributed by atoms with van der Waals surface area (Å²) in [6.45, 7) is 7.51. The number of hydrogen-bond donors (Lipinski definition) is 0. The van der Waals surface area contributed by atoms with E-state index in [9.17, 15) is 0 Å². The summed E-state index contributed by atoms with van der Waals surface area (Å²) in [6, 6.07) is 8.90. The third-order valence-corrected chi connectivity index (χ3v) is 7.47. The molecule has 0 saturated carbocycles. The zero-order valence-electron chi connectivity index (χ0n) is 13.7. The number of piperidine rings is 2. The zero-order chi connectivity index (χ0) is 15.5. The molecule has 0 radical (unpaired) electrons. The van der Waals surface area contributed by atoms with Gasteiger partial charge in [0.2, 0.25) is 0 Å². The normalized spacial score (nSPS) is 22.6. The van der Waals surface area contributed by atoms with Crippen molar-refractivity contribution >= 4 is 22.7 Å². The minimum atomic E-state index is 0.651. The molecule has 2 aliphatic heterocycles. The van der Waals surface area contributed by atoms with Gasteiger partial charge in [-0.05, 0) is 80.2 Å². The van der Waals surface area contributed by atoms with Crippen LogP contribution in [-0.4, -0.2) is 36.0 Å². The molecule has 0 N–H and O–H groups in total. The topological polar surface area (TPSA) is 6.48 Å². The van der Waals surface area contributed by atoms with Crippen molar-refractivity contribution in [3.63, 3.8) is 0 Å². The van der Waals surface area contributed by atoms with E-state index in [1.54, 1.807) is 0 Å². The molecule has 4 heterocycles. The molecule has 2 aromatic heterocycles. The molecule has 1 spiro atoms. The van der Waals surface area contributed by atoms with E-state index in [-0.39, 0.29) is 0 Å². The summed E-state index contributed by atoms with van der Waals surface area (Å²) >= 11 is 3.80. The monoisotopic (exact) mass is 346 g/mol. The van der Waals surface area contributed by atoms with Gasteiger partial charge in [-0.25, -0.2) is 0 Å². The first-order valence-corrected chi connectivity index (χ1v) is 10.6. The van der Waals surface area contributed by atoms with Crippen molar-refractivity contribution < 1.29 is 0 Å². The molecule has 0 aromatic carbocycles. The summed E-state index contributed by atoms with van der Waals surface area (Å²) in [4.78, 5) is 8.36. The number of nitrogens with zero attached hydrogens (tertiary/aromatic N) is 2. The van der Waals surface area contributed by atoms with E-state index in [1.165, 1.54) is 61.6 Å². The summed E-state index contributed by atoms with van der Waals surface area (Å²) in [7, 11) is 0. The van der Waals surface area contributed by atoms with Crippen LogP contribution in [-0.2, 0) is 13.1 Å². The Hall–Kier alpha value is -0.680. The fourth-order valence-corrected chi connectivity index (χ4v) is 5.61. The maximum atomic E-state index is 2.66. The van der Waals surface area contributed by atoms with Crippen LogP contribution in [0.4, 0.5) is 0 Å². The van der Waals surface area contributed by atoms with Crippen LogP contribution in [0.1, 0.15) is 35.4 Å². The SMILES string of the molecule is c1csc(CN2CCC3(CC2)CCN(Cc2cccs2)CC3)c1. The highest BCUT2D eigenvalue weighted by Crippen LogP contribution is 2.41. The summed E-state index contributed by atoms with van der Waals surface area (Å²) in [5.41, 5.74) is 0.651. The molecule has 124 valence electrons. The number of likely N-dealkylation sites (tertiary alicyclic amines) is 2. The van der Waals surface area contributed by atoms with E-state index in [0.29, 0.717) is 5.41 Å². The average Bonchev–Trinajstić information content (AvgIpc) is 3.26. The Bertz CT molecular complexity index is 517. The first-order chi connectivity index (χ1) is 11.3. The van der Waals surface area contributed by atoms with E-state index in [1.807, 2.05) is 22.7 Å². The number of rotatable bonds is 4. The minimum Gasteiger partial charge on any atom is -0.298 e. The minimum absolute atomic E-state index is 0.651. The van der Waals surface area contributed by atoms with E-state index >= 15 is 0 Å². The number of thiophene rings is 2. The van der Waals surface area contributed by atoms with E-state index in [4.69, 9.17) is 0 Å². The van der Waals surface area contributed by atoms with Crippen molar-refractivity contribution in [1.29, 1.82) is 0 Å². The predicted molar refractivity (Wildman–Crippen MR) is 100 cm³/mol. The molecular formula is C19H26N2S2. The van der Waals surface area contributed by atoms with Crippen LogP contribution in [0, 0.1) is 5.41 Å². The largest absolute Gasteiger partial charge is 0.298 e. The molecule has 0 amide bonds. The van der Waals surface area contributed by atoms with Crippen LogP contribution >= 0.6 is 22.7 Å². The molecule has 23 heavy (non-hydrogen) atoms. The lowest BCUT2D eigenvalue weighted by atomic mass is 9.71. The highest BCUT2D eigenvalue weighted by molar-refractivity contribution is 7.10. The maximum Gasteiger partial charge on any atom is 0.0327 e. The Morgan fingerprint density at radius 2 is 1.17 bits per heavy atom. The molecule has 0 unspecified atom stereocenters. The molecule has 0 aliphatic carbocycles. The Balaban J connectivity index is 1.25. The van der Waals surface area contributed by atoms with Crippen molar-refractivity contribution in [2.45, 2.75) is 38.8 Å². The van der Waals surface area contributed by atoms with Gasteiger partial charge in [0.15, 0.2) is 0 Å². The summed E-state index contributed by atoms with van der Waals surface area (Å²) in [5.74, 6) is 0. The van der Waals surface area contributed by atoms with Gasteiger partial charge in [0, 0.05) is 22.8 Å². The molecule has 2 nitrogen and oxygen atoms in total. The third-order valence-electron chi connectivity index (χ3n) is 5.75. The van der Waals surface area contributed by atoms with Gasteiger partial charge in [-0.1, -0.05) is 12.1 Å². The Morgan fingerprint density at radius 3 is 1.52 bits per heavy atom. The molecule has 2 aliphatic rings. The first-order valence-electron chi connectivity index (χ1n) is 8.81. The highest BCUT2D eigenvalue weighted by Gasteiger charge is 2.37. The van der Waals surface area contributed by atoms with E-state index in [0.717, 1.165) is 13.1 Å². The van der Waals surface area contributed by atoms with Crippen LogP contribution < -0.4 is 0 Å². The second-order valence-corrected chi connectivity index (χ2v) is 9.28. The second kappa shape index (κ2) is 7.06. The van der Waals surface area contributed by atoms with Gasteiger partial charge in [0.25, 0.3) is 0 Å². The Morgan fingerprint density at radius 1 is 0.739 bits per heavy atom. The van der Waals surface area contributed by atoms with Gasteiger partial charge in [-0.15, -0.1) is 22.7 Å². The summed E-state index contributed by atoms with van der Waals surface area (Å²) in [6.07, 6.45) is 5.63. The van der Waals surface area contributed by atoms with Crippen LogP contribution in [0.15, 0.2) is 35.0 Å². The van der Waals surface area contributed by atoms with Gasteiger partial charge in [0.1, 0.15) is 0 Å².